The normalized spacial score (nSPS) is 14.9. The largest absolute Gasteiger partial charge is 0.493 e. The van der Waals surface area contributed by atoms with E-state index >= 15 is 0 Å². The predicted octanol–water partition coefficient (Wildman–Crippen LogP) is 3.67. The van der Waals surface area contributed by atoms with Crippen molar-refractivity contribution in [3.8, 4) is 11.5 Å². The van der Waals surface area contributed by atoms with Gasteiger partial charge < -0.3 is 19.9 Å². The smallest absolute Gasteiger partial charge is 0.341 e. The molecule has 1 heterocycles. The van der Waals surface area contributed by atoms with Gasteiger partial charge in [0.05, 0.1) is 17.3 Å². The summed E-state index contributed by atoms with van der Waals surface area (Å²) < 4.78 is 10.9. The highest BCUT2D eigenvalue weighted by molar-refractivity contribution is 9.10. The number of nitrogens with one attached hydrogen (secondary N) is 1. The Hall–Kier alpha value is -3.04. The number of methoxy groups -OCH3 is 1. The van der Waals surface area contributed by atoms with Crippen molar-refractivity contribution in [2.45, 2.75) is 0 Å². The standard InChI is InChI=1S/C19H14BrClN2O6/c1-28-15-8-10(6-13(20)17(15)29-9-16(24)25)7-14-18(26)23(19(27)22-14)12-4-2-11(21)3-5-12/h2-8H,9H2,1H3,(H,22,27)(H,24,25)/b14-7+. The molecular formula is C19H14BrClN2O6. The summed E-state index contributed by atoms with van der Waals surface area (Å²) in [4.78, 5) is 36.7. The fourth-order valence-corrected chi connectivity index (χ4v) is 3.32. The molecule has 3 rings (SSSR count). The number of rotatable bonds is 6. The highest BCUT2D eigenvalue weighted by atomic mass is 79.9. The second kappa shape index (κ2) is 8.54. The van der Waals surface area contributed by atoms with Gasteiger partial charge in [0.1, 0.15) is 5.70 Å². The summed E-state index contributed by atoms with van der Waals surface area (Å²) in [5.41, 5.74) is 0.979. The van der Waals surface area contributed by atoms with E-state index < -0.39 is 24.5 Å². The third-order valence-electron chi connectivity index (χ3n) is 3.87. The third kappa shape index (κ3) is 4.52. The molecule has 0 atom stereocenters. The van der Waals surface area contributed by atoms with Gasteiger partial charge in [-0.1, -0.05) is 11.6 Å². The monoisotopic (exact) mass is 480 g/mol. The van der Waals surface area contributed by atoms with Gasteiger partial charge in [-0.05, 0) is 64.0 Å². The lowest BCUT2D eigenvalue weighted by atomic mass is 10.1. The minimum atomic E-state index is -1.13. The van der Waals surface area contributed by atoms with Crippen molar-refractivity contribution in [3.05, 3.63) is 57.2 Å². The zero-order chi connectivity index (χ0) is 21.1. The Morgan fingerprint density at radius 2 is 1.97 bits per heavy atom. The Morgan fingerprint density at radius 3 is 2.59 bits per heavy atom. The maximum Gasteiger partial charge on any atom is 0.341 e. The van der Waals surface area contributed by atoms with E-state index in [4.69, 9.17) is 26.2 Å². The number of hydrogen-bond donors (Lipinski definition) is 2. The number of benzene rings is 2. The second-order valence-electron chi connectivity index (χ2n) is 5.82. The first-order valence-electron chi connectivity index (χ1n) is 8.15. The van der Waals surface area contributed by atoms with Gasteiger partial charge in [-0.3, -0.25) is 4.79 Å². The minimum Gasteiger partial charge on any atom is -0.493 e. The van der Waals surface area contributed by atoms with Crippen molar-refractivity contribution in [2.24, 2.45) is 0 Å². The molecule has 1 saturated heterocycles. The predicted molar refractivity (Wildman–Crippen MR) is 109 cm³/mol. The summed E-state index contributed by atoms with van der Waals surface area (Å²) in [5.74, 6) is -1.19. The lowest BCUT2D eigenvalue weighted by Gasteiger charge is -2.12. The number of carboxylic acid groups (broad SMARTS) is 1. The Kier molecular flexibility index (Phi) is 6.09. The first-order valence-corrected chi connectivity index (χ1v) is 9.32. The summed E-state index contributed by atoms with van der Waals surface area (Å²) in [5, 5.41) is 11.8. The Balaban J connectivity index is 1.90. The van der Waals surface area contributed by atoms with E-state index in [0.29, 0.717) is 20.7 Å². The van der Waals surface area contributed by atoms with Crippen LogP contribution in [0, 0.1) is 0 Å². The fraction of sp³-hybridized carbons (Fsp3) is 0.105. The molecule has 2 N–H and O–H groups in total. The lowest BCUT2D eigenvalue weighted by Crippen LogP contribution is -2.30. The second-order valence-corrected chi connectivity index (χ2v) is 7.11. The van der Waals surface area contributed by atoms with Crippen molar-refractivity contribution in [1.29, 1.82) is 0 Å². The van der Waals surface area contributed by atoms with Crippen LogP contribution in [0.15, 0.2) is 46.6 Å². The first kappa shape index (κ1) is 20.7. The lowest BCUT2D eigenvalue weighted by molar-refractivity contribution is -0.139. The van der Waals surface area contributed by atoms with Crippen LogP contribution >= 0.6 is 27.5 Å². The van der Waals surface area contributed by atoms with Gasteiger partial charge in [-0.2, -0.15) is 0 Å². The quantitative estimate of drug-likeness (QED) is 0.482. The van der Waals surface area contributed by atoms with Crippen LogP contribution in [0.4, 0.5) is 10.5 Å². The summed E-state index contributed by atoms with van der Waals surface area (Å²) >= 11 is 9.15. The molecule has 0 bridgehead atoms. The summed E-state index contributed by atoms with van der Waals surface area (Å²) in [6.07, 6.45) is 1.48. The van der Waals surface area contributed by atoms with Crippen molar-refractivity contribution < 1.29 is 29.0 Å². The van der Waals surface area contributed by atoms with Crippen LogP contribution in [0.25, 0.3) is 6.08 Å². The van der Waals surface area contributed by atoms with Crippen LogP contribution in [-0.2, 0) is 9.59 Å². The molecule has 0 spiro atoms. The zero-order valence-electron chi connectivity index (χ0n) is 14.9. The maximum atomic E-state index is 12.7. The number of aliphatic carboxylic acids is 1. The van der Waals surface area contributed by atoms with E-state index in [1.807, 2.05) is 0 Å². The molecule has 0 aromatic heterocycles. The molecule has 150 valence electrons. The Morgan fingerprint density at radius 1 is 1.28 bits per heavy atom. The highest BCUT2D eigenvalue weighted by Crippen LogP contribution is 2.37. The van der Waals surface area contributed by atoms with E-state index in [1.54, 1.807) is 36.4 Å². The van der Waals surface area contributed by atoms with Crippen molar-refractivity contribution in [2.75, 3.05) is 18.6 Å². The number of imide groups is 1. The molecule has 2 aromatic rings. The van der Waals surface area contributed by atoms with E-state index in [1.165, 1.54) is 13.2 Å². The number of carbonyl (C=O) groups excluding carboxylic acids is 2. The van der Waals surface area contributed by atoms with E-state index in [0.717, 1.165) is 4.90 Å². The summed E-state index contributed by atoms with van der Waals surface area (Å²) in [6.45, 7) is -0.542. The molecular weight excluding hydrogens is 468 g/mol. The van der Waals surface area contributed by atoms with Gasteiger partial charge in [0, 0.05) is 5.02 Å². The van der Waals surface area contributed by atoms with Crippen LogP contribution in [0.3, 0.4) is 0 Å². The van der Waals surface area contributed by atoms with Crippen LogP contribution in [-0.4, -0.2) is 36.7 Å². The van der Waals surface area contributed by atoms with Gasteiger partial charge in [-0.15, -0.1) is 0 Å². The highest BCUT2D eigenvalue weighted by Gasteiger charge is 2.34. The summed E-state index contributed by atoms with van der Waals surface area (Å²) in [6, 6.07) is 8.87. The molecule has 8 nitrogen and oxygen atoms in total. The van der Waals surface area contributed by atoms with Crippen LogP contribution in [0.5, 0.6) is 11.5 Å². The molecule has 0 aliphatic carbocycles. The number of urea groups is 1. The van der Waals surface area contributed by atoms with E-state index in [-0.39, 0.29) is 17.2 Å². The number of anilines is 1. The molecule has 1 aliphatic rings. The molecule has 1 aliphatic heterocycles. The average molecular weight is 482 g/mol. The van der Waals surface area contributed by atoms with Crippen molar-refractivity contribution >= 4 is 57.2 Å². The third-order valence-corrected chi connectivity index (χ3v) is 4.71. The van der Waals surface area contributed by atoms with E-state index in [2.05, 4.69) is 21.2 Å². The molecule has 10 heteroatoms. The van der Waals surface area contributed by atoms with Gasteiger partial charge in [0.25, 0.3) is 5.91 Å². The van der Waals surface area contributed by atoms with Crippen LogP contribution < -0.4 is 19.7 Å². The van der Waals surface area contributed by atoms with Gasteiger partial charge in [-0.25, -0.2) is 14.5 Å². The van der Waals surface area contributed by atoms with Gasteiger partial charge >= 0.3 is 12.0 Å². The molecule has 0 saturated carbocycles. The number of amides is 3. The average Bonchev–Trinajstić information content (AvgIpc) is 2.94. The zero-order valence-corrected chi connectivity index (χ0v) is 17.3. The topological polar surface area (TPSA) is 105 Å². The summed E-state index contributed by atoms with van der Waals surface area (Å²) in [7, 11) is 1.40. The molecule has 0 unspecified atom stereocenters. The molecule has 1 fully saturated rings. The van der Waals surface area contributed by atoms with Gasteiger partial charge in [0.15, 0.2) is 18.1 Å². The molecule has 29 heavy (non-hydrogen) atoms. The fourth-order valence-electron chi connectivity index (χ4n) is 2.62. The number of ether oxygens (including phenoxy) is 2. The number of carbonyl (C=O) groups is 3. The van der Waals surface area contributed by atoms with Gasteiger partial charge in [0.2, 0.25) is 0 Å². The van der Waals surface area contributed by atoms with Crippen LogP contribution in [0.1, 0.15) is 5.56 Å². The molecule has 3 amide bonds. The number of carboxylic acids is 1. The number of nitrogens with zero attached hydrogens (tertiary/aromatic N) is 1. The maximum absolute atomic E-state index is 12.7. The van der Waals surface area contributed by atoms with E-state index in [9.17, 15) is 14.4 Å². The Bertz CT molecular complexity index is 1020. The number of halogens is 2. The molecule has 2 aromatic carbocycles. The van der Waals surface area contributed by atoms with Crippen LogP contribution in [0.2, 0.25) is 5.02 Å². The van der Waals surface area contributed by atoms with Crippen molar-refractivity contribution in [3.63, 3.8) is 0 Å². The minimum absolute atomic E-state index is 0.0677. The first-order chi connectivity index (χ1) is 13.8. The Labute approximate surface area is 178 Å². The SMILES string of the molecule is COc1cc(/C=C2/NC(=O)N(c3ccc(Cl)cc3)C2=O)cc(Br)c1OCC(=O)O. The van der Waals surface area contributed by atoms with Crippen molar-refractivity contribution in [1.82, 2.24) is 5.32 Å². The molecule has 0 radical (unpaired) electrons. The number of hydrogen-bond acceptors (Lipinski definition) is 5.